The maximum absolute atomic E-state index is 10.4. The first kappa shape index (κ1) is 31.5. The van der Waals surface area contributed by atoms with Crippen molar-refractivity contribution in [1.82, 2.24) is 0 Å². The summed E-state index contributed by atoms with van der Waals surface area (Å²) in [5.41, 5.74) is 0. The van der Waals surface area contributed by atoms with Gasteiger partial charge in [0.2, 0.25) is 0 Å². The van der Waals surface area contributed by atoms with Gasteiger partial charge >= 0.3 is 35.9 Å². The lowest BCUT2D eigenvalue weighted by Crippen LogP contribution is -2.71. The fourth-order valence-corrected chi connectivity index (χ4v) is 13.6. The summed E-state index contributed by atoms with van der Waals surface area (Å²) in [5, 5.41) is 0. The van der Waals surface area contributed by atoms with E-state index in [1.807, 2.05) is 0 Å². The van der Waals surface area contributed by atoms with Gasteiger partial charge in [-0.2, -0.15) is 0 Å². The fourth-order valence-electron chi connectivity index (χ4n) is 3.84. The summed E-state index contributed by atoms with van der Waals surface area (Å²) in [4.78, 5) is 68.0. The molecule has 1 saturated heterocycles. The molecule has 1 fully saturated rings. The zero-order chi connectivity index (χ0) is 24.8. The maximum Gasteiger partial charge on any atom is 0.662 e. The first-order valence-corrected chi connectivity index (χ1v) is 19.4. The predicted molar refractivity (Wildman–Crippen MR) is 127 cm³/mol. The normalized spacial score (nSPS) is 21.5. The Hall–Kier alpha value is 0.428. The van der Waals surface area contributed by atoms with Gasteiger partial charge in [-0.15, -0.1) is 0 Å². The standard InChI is InChI=1S/C18H44O11Si4/c1-2-3-4-5-6-7-8-9-10-11-12-13-14-15-16-17-18-30(19)26-31(20,21)28-33(24,25)29-32(22,23)27-30/h19-25H,2-18H2,1H3. The zero-order valence-corrected chi connectivity index (χ0v) is 23.8. The molecule has 0 amide bonds. The largest absolute Gasteiger partial charge is 0.662 e. The van der Waals surface area contributed by atoms with Gasteiger partial charge in [0.25, 0.3) is 0 Å². The van der Waals surface area contributed by atoms with Crippen LogP contribution in [0.25, 0.3) is 0 Å². The van der Waals surface area contributed by atoms with Gasteiger partial charge in [-0.3, -0.25) is 0 Å². The molecule has 0 unspecified atom stereocenters. The molecule has 1 aliphatic heterocycles. The Labute approximate surface area is 201 Å². The molecule has 1 rings (SSSR count). The summed E-state index contributed by atoms with van der Waals surface area (Å²) < 4.78 is 17.8. The summed E-state index contributed by atoms with van der Waals surface area (Å²) in [7, 11) is -20.2. The SMILES string of the molecule is CCCCCCCCCCCCCCCCCC[Si]1(O)O[Si](O)(O)O[Si](O)(O)O[Si](O)(O)O1. The van der Waals surface area contributed by atoms with E-state index < -0.39 is 35.9 Å². The van der Waals surface area contributed by atoms with Crippen molar-refractivity contribution in [3.8, 4) is 0 Å². The zero-order valence-electron chi connectivity index (χ0n) is 19.8. The Bertz CT molecular complexity index is 504. The third kappa shape index (κ3) is 15.9. The van der Waals surface area contributed by atoms with Crippen molar-refractivity contribution >= 4 is 35.9 Å². The Balaban J connectivity index is 2.11. The first-order chi connectivity index (χ1) is 15.4. The maximum atomic E-state index is 10.4. The monoisotopic (exact) mass is 548 g/mol. The van der Waals surface area contributed by atoms with Crippen LogP contribution in [0.4, 0.5) is 0 Å². The third-order valence-electron chi connectivity index (χ3n) is 5.46. The molecule has 11 nitrogen and oxygen atoms in total. The van der Waals surface area contributed by atoms with Crippen LogP contribution in [0.2, 0.25) is 6.04 Å². The smallest absolute Gasteiger partial charge is 0.391 e. The van der Waals surface area contributed by atoms with Crippen LogP contribution >= 0.6 is 0 Å². The molecule has 0 aromatic rings. The van der Waals surface area contributed by atoms with Gasteiger partial charge in [0.15, 0.2) is 0 Å². The van der Waals surface area contributed by atoms with Crippen LogP contribution < -0.4 is 0 Å². The van der Waals surface area contributed by atoms with E-state index in [0.29, 0.717) is 12.8 Å². The molecule has 0 radical (unpaired) electrons. The third-order valence-corrected chi connectivity index (χ3v) is 15.4. The predicted octanol–water partition coefficient (Wildman–Crippen LogP) is 1.52. The molecule has 0 saturated carbocycles. The van der Waals surface area contributed by atoms with Crippen LogP contribution in [0.1, 0.15) is 110 Å². The van der Waals surface area contributed by atoms with E-state index in [2.05, 4.69) is 15.2 Å². The number of hydrogen-bond acceptors (Lipinski definition) is 11. The summed E-state index contributed by atoms with van der Waals surface area (Å²) in [5.74, 6) is 0. The molecule has 0 spiro atoms. The van der Waals surface area contributed by atoms with Gasteiger partial charge in [0.05, 0.1) is 0 Å². The molecule has 0 bridgehead atoms. The Kier molecular flexibility index (Phi) is 14.8. The van der Waals surface area contributed by atoms with Gasteiger partial charge in [-0.05, 0) is 6.42 Å². The van der Waals surface area contributed by atoms with Gasteiger partial charge < -0.3 is 50.0 Å². The van der Waals surface area contributed by atoms with E-state index in [9.17, 15) is 33.6 Å². The van der Waals surface area contributed by atoms with Crippen LogP contribution in [0.5, 0.6) is 0 Å². The topological polar surface area (TPSA) is 179 Å². The average Bonchev–Trinajstić information content (AvgIpc) is 2.63. The number of rotatable bonds is 17. The molecule has 0 aromatic heterocycles. The van der Waals surface area contributed by atoms with Crippen molar-refractivity contribution in [2.45, 2.75) is 116 Å². The second-order valence-electron chi connectivity index (χ2n) is 8.82. The summed E-state index contributed by atoms with van der Waals surface area (Å²) in [6, 6.07) is -0.185. The highest BCUT2D eigenvalue weighted by Gasteiger charge is 2.66. The van der Waals surface area contributed by atoms with Gasteiger partial charge in [0, 0.05) is 6.04 Å². The van der Waals surface area contributed by atoms with Crippen LogP contribution in [-0.2, 0) is 16.5 Å². The average molecular weight is 549 g/mol. The fraction of sp³-hybridized carbons (Fsp3) is 1.00. The highest BCUT2D eigenvalue weighted by molar-refractivity contribution is 6.82. The Morgan fingerprint density at radius 2 is 0.667 bits per heavy atom. The summed E-state index contributed by atoms with van der Waals surface area (Å²) >= 11 is 0. The van der Waals surface area contributed by atoms with Crippen molar-refractivity contribution in [2.75, 3.05) is 0 Å². The van der Waals surface area contributed by atoms with Crippen LogP contribution in [0.3, 0.4) is 0 Å². The molecule has 0 aliphatic carbocycles. The van der Waals surface area contributed by atoms with E-state index >= 15 is 0 Å². The molecule has 0 aromatic carbocycles. The molecule has 1 aliphatic rings. The van der Waals surface area contributed by atoms with E-state index in [0.717, 1.165) is 19.3 Å². The Morgan fingerprint density at radius 1 is 0.394 bits per heavy atom. The van der Waals surface area contributed by atoms with Gasteiger partial charge in [0.1, 0.15) is 0 Å². The van der Waals surface area contributed by atoms with Gasteiger partial charge in [-0.1, -0.05) is 103 Å². The molecule has 0 atom stereocenters. The minimum absolute atomic E-state index is 0.185. The van der Waals surface area contributed by atoms with Gasteiger partial charge in [-0.25, -0.2) is 0 Å². The second kappa shape index (κ2) is 15.5. The number of hydrogen-bond donors (Lipinski definition) is 7. The lowest BCUT2D eigenvalue weighted by atomic mass is 10.0. The molecular weight excluding hydrogens is 505 g/mol. The van der Waals surface area contributed by atoms with E-state index in [-0.39, 0.29) is 6.04 Å². The highest BCUT2D eigenvalue weighted by Crippen LogP contribution is 2.27. The minimum atomic E-state index is -5.30. The molecule has 198 valence electrons. The summed E-state index contributed by atoms with van der Waals surface area (Å²) in [6.45, 7) is 2.24. The van der Waals surface area contributed by atoms with E-state index in [4.69, 9.17) is 8.23 Å². The van der Waals surface area contributed by atoms with E-state index in [1.165, 1.54) is 70.6 Å². The quantitative estimate of drug-likeness (QED) is 0.103. The van der Waals surface area contributed by atoms with Crippen molar-refractivity contribution in [3.05, 3.63) is 0 Å². The molecule has 1 heterocycles. The van der Waals surface area contributed by atoms with Crippen LogP contribution in [0.15, 0.2) is 0 Å². The van der Waals surface area contributed by atoms with Crippen molar-refractivity contribution in [1.29, 1.82) is 0 Å². The van der Waals surface area contributed by atoms with E-state index in [1.54, 1.807) is 0 Å². The molecule has 15 heteroatoms. The molecular formula is C18H44O11Si4. The first-order valence-electron chi connectivity index (χ1n) is 12.3. The second-order valence-corrected chi connectivity index (χ2v) is 17.3. The Morgan fingerprint density at radius 3 is 1.00 bits per heavy atom. The highest BCUT2D eigenvalue weighted by atomic mass is 28.6. The molecule has 7 N–H and O–H groups in total. The van der Waals surface area contributed by atoms with Crippen molar-refractivity contribution in [2.24, 2.45) is 0 Å². The lowest BCUT2D eigenvalue weighted by molar-refractivity contribution is -0.0247. The van der Waals surface area contributed by atoms with Crippen LogP contribution in [-0.4, -0.2) is 69.5 Å². The lowest BCUT2D eigenvalue weighted by Gasteiger charge is -2.37. The van der Waals surface area contributed by atoms with Crippen molar-refractivity contribution in [3.63, 3.8) is 0 Å². The van der Waals surface area contributed by atoms with Crippen LogP contribution in [0, 0.1) is 0 Å². The summed E-state index contributed by atoms with van der Waals surface area (Å²) in [6.07, 6.45) is 18.6. The van der Waals surface area contributed by atoms with Crippen molar-refractivity contribution < 1.29 is 50.0 Å². The number of unbranched alkanes of at least 4 members (excludes halogenated alkanes) is 15. The minimum Gasteiger partial charge on any atom is -0.391 e. The molecule has 33 heavy (non-hydrogen) atoms.